The molecular formula is C16H25ClN2. The Hall–Kier alpha value is -0.830. The second-order valence-electron chi connectivity index (χ2n) is 5.07. The number of likely N-dealkylation sites (N-methyl/N-ethyl adjacent to an activating group) is 1. The lowest BCUT2D eigenvalue weighted by Gasteiger charge is -2.26. The van der Waals surface area contributed by atoms with Gasteiger partial charge in [0.05, 0.1) is 0 Å². The molecule has 0 radical (unpaired) electrons. The van der Waals surface area contributed by atoms with Gasteiger partial charge in [-0.1, -0.05) is 37.2 Å². The van der Waals surface area contributed by atoms with Crippen molar-refractivity contribution < 1.29 is 0 Å². The fourth-order valence-corrected chi connectivity index (χ4v) is 2.21. The maximum Gasteiger partial charge on any atom is 0.0409 e. The van der Waals surface area contributed by atoms with Crippen molar-refractivity contribution in [2.45, 2.75) is 26.3 Å². The zero-order chi connectivity index (χ0) is 14.3. The van der Waals surface area contributed by atoms with Crippen molar-refractivity contribution in [2.75, 3.05) is 26.7 Å². The van der Waals surface area contributed by atoms with Gasteiger partial charge in [0.2, 0.25) is 0 Å². The smallest absolute Gasteiger partial charge is 0.0409 e. The average Bonchev–Trinajstić information content (AvgIpc) is 2.38. The standard InChI is InChI=1S/C16H25ClN2/c1-5-9-18-11-13(2)12-19(4)14(3)15-7-6-8-16(17)10-15/h6-8,10,14,18H,2,5,9,11-12H2,1,3-4H3. The molecule has 0 saturated carbocycles. The monoisotopic (exact) mass is 280 g/mol. The molecule has 0 spiro atoms. The minimum absolute atomic E-state index is 0.335. The second kappa shape index (κ2) is 8.36. The predicted octanol–water partition coefficient (Wildman–Crippen LogP) is 3.89. The van der Waals surface area contributed by atoms with Gasteiger partial charge in [0.25, 0.3) is 0 Å². The highest BCUT2D eigenvalue weighted by atomic mass is 35.5. The van der Waals surface area contributed by atoms with Crippen LogP contribution in [0, 0.1) is 0 Å². The highest BCUT2D eigenvalue weighted by Gasteiger charge is 2.12. The minimum atomic E-state index is 0.335. The molecule has 0 heterocycles. The third kappa shape index (κ3) is 5.77. The summed E-state index contributed by atoms with van der Waals surface area (Å²) in [7, 11) is 2.12. The van der Waals surface area contributed by atoms with Gasteiger partial charge >= 0.3 is 0 Å². The summed E-state index contributed by atoms with van der Waals surface area (Å²) >= 11 is 6.04. The molecule has 0 aliphatic rings. The van der Waals surface area contributed by atoms with E-state index < -0.39 is 0 Å². The average molecular weight is 281 g/mol. The molecule has 0 amide bonds. The fourth-order valence-electron chi connectivity index (χ4n) is 2.01. The number of benzene rings is 1. The second-order valence-corrected chi connectivity index (χ2v) is 5.51. The summed E-state index contributed by atoms with van der Waals surface area (Å²) in [6.07, 6.45) is 1.15. The van der Waals surface area contributed by atoms with E-state index in [9.17, 15) is 0 Å². The number of hydrogen-bond donors (Lipinski definition) is 1. The number of nitrogens with one attached hydrogen (secondary N) is 1. The molecule has 0 aromatic heterocycles. The van der Waals surface area contributed by atoms with Crippen molar-refractivity contribution in [3.63, 3.8) is 0 Å². The normalized spacial score (nSPS) is 12.7. The molecule has 3 heteroatoms. The Labute approximate surface area is 122 Å². The Morgan fingerprint density at radius 1 is 1.47 bits per heavy atom. The molecule has 0 saturated heterocycles. The number of halogens is 1. The molecule has 1 aromatic carbocycles. The van der Waals surface area contributed by atoms with Crippen LogP contribution in [-0.2, 0) is 0 Å². The largest absolute Gasteiger partial charge is 0.313 e. The third-order valence-corrected chi connectivity index (χ3v) is 3.50. The van der Waals surface area contributed by atoms with Crippen molar-refractivity contribution >= 4 is 11.6 Å². The molecule has 1 aromatic rings. The molecular weight excluding hydrogens is 256 g/mol. The highest BCUT2D eigenvalue weighted by molar-refractivity contribution is 6.30. The SMILES string of the molecule is C=C(CNCCC)CN(C)C(C)c1cccc(Cl)c1. The quantitative estimate of drug-likeness (QED) is 0.574. The first kappa shape index (κ1) is 16.2. The van der Waals surface area contributed by atoms with Gasteiger partial charge in [0.1, 0.15) is 0 Å². The van der Waals surface area contributed by atoms with E-state index in [1.165, 1.54) is 11.1 Å². The molecule has 19 heavy (non-hydrogen) atoms. The van der Waals surface area contributed by atoms with Crippen LogP contribution in [-0.4, -0.2) is 31.6 Å². The van der Waals surface area contributed by atoms with Crippen molar-refractivity contribution in [3.8, 4) is 0 Å². The van der Waals surface area contributed by atoms with E-state index in [1.54, 1.807) is 0 Å². The molecule has 0 fully saturated rings. The van der Waals surface area contributed by atoms with Crippen LogP contribution in [0.2, 0.25) is 5.02 Å². The number of rotatable bonds is 8. The maximum atomic E-state index is 6.04. The van der Waals surface area contributed by atoms with Gasteiger partial charge in [0, 0.05) is 24.2 Å². The third-order valence-electron chi connectivity index (χ3n) is 3.27. The zero-order valence-electron chi connectivity index (χ0n) is 12.2. The van der Waals surface area contributed by atoms with E-state index >= 15 is 0 Å². The van der Waals surface area contributed by atoms with Gasteiger partial charge in [-0.25, -0.2) is 0 Å². The van der Waals surface area contributed by atoms with E-state index in [0.717, 1.165) is 31.1 Å². The molecule has 1 unspecified atom stereocenters. The molecule has 0 aliphatic carbocycles. The van der Waals surface area contributed by atoms with Gasteiger partial charge in [-0.05, 0) is 50.2 Å². The topological polar surface area (TPSA) is 15.3 Å². The summed E-state index contributed by atoms with van der Waals surface area (Å²) in [6, 6.07) is 8.39. The first-order valence-corrected chi connectivity index (χ1v) is 7.25. The van der Waals surface area contributed by atoms with Crippen LogP contribution in [0.3, 0.4) is 0 Å². The van der Waals surface area contributed by atoms with E-state index in [-0.39, 0.29) is 0 Å². The Bertz CT molecular complexity index is 403. The maximum absolute atomic E-state index is 6.04. The van der Waals surface area contributed by atoms with E-state index in [1.807, 2.05) is 18.2 Å². The van der Waals surface area contributed by atoms with Crippen molar-refractivity contribution in [1.29, 1.82) is 0 Å². The van der Waals surface area contributed by atoms with Gasteiger partial charge in [-0.15, -0.1) is 0 Å². The first-order valence-electron chi connectivity index (χ1n) is 6.87. The molecule has 0 aliphatic heterocycles. The lowest BCUT2D eigenvalue weighted by Crippen LogP contribution is -2.28. The molecule has 106 valence electrons. The van der Waals surface area contributed by atoms with Crippen LogP contribution in [0.1, 0.15) is 31.9 Å². The van der Waals surface area contributed by atoms with Crippen LogP contribution in [0.4, 0.5) is 0 Å². The van der Waals surface area contributed by atoms with E-state index in [2.05, 4.69) is 43.8 Å². The van der Waals surface area contributed by atoms with Crippen LogP contribution in [0.15, 0.2) is 36.4 Å². The van der Waals surface area contributed by atoms with Crippen LogP contribution >= 0.6 is 11.6 Å². The Kier molecular flexibility index (Phi) is 7.14. The van der Waals surface area contributed by atoms with Crippen molar-refractivity contribution in [3.05, 3.63) is 47.0 Å². The van der Waals surface area contributed by atoms with Gasteiger partial charge < -0.3 is 5.32 Å². The molecule has 1 atom stereocenters. The summed E-state index contributed by atoms with van der Waals surface area (Å²) < 4.78 is 0. The Morgan fingerprint density at radius 2 is 2.21 bits per heavy atom. The van der Waals surface area contributed by atoms with Crippen LogP contribution in [0.25, 0.3) is 0 Å². The Morgan fingerprint density at radius 3 is 2.84 bits per heavy atom. The van der Waals surface area contributed by atoms with Crippen LogP contribution < -0.4 is 5.32 Å². The van der Waals surface area contributed by atoms with E-state index in [0.29, 0.717) is 6.04 Å². The molecule has 0 bridgehead atoms. The first-order chi connectivity index (χ1) is 9.04. The lowest BCUT2D eigenvalue weighted by molar-refractivity contribution is 0.281. The summed E-state index contributed by atoms with van der Waals surface area (Å²) in [5.41, 5.74) is 2.45. The van der Waals surface area contributed by atoms with Gasteiger partial charge in [0.15, 0.2) is 0 Å². The summed E-state index contributed by atoms with van der Waals surface area (Å²) in [5, 5.41) is 4.17. The molecule has 1 N–H and O–H groups in total. The summed E-state index contributed by atoms with van der Waals surface area (Å²) in [5.74, 6) is 0. The number of nitrogens with zero attached hydrogens (tertiary/aromatic N) is 1. The predicted molar refractivity (Wildman–Crippen MR) is 84.8 cm³/mol. The zero-order valence-corrected chi connectivity index (χ0v) is 13.0. The van der Waals surface area contributed by atoms with E-state index in [4.69, 9.17) is 11.6 Å². The Balaban J connectivity index is 2.48. The minimum Gasteiger partial charge on any atom is -0.313 e. The summed E-state index contributed by atoms with van der Waals surface area (Å²) in [4.78, 5) is 2.29. The van der Waals surface area contributed by atoms with Crippen LogP contribution in [0.5, 0.6) is 0 Å². The highest BCUT2D eigenvalue weighted by Crippen LogP contribution is 2.22. The number of hydrogen-bond acceptors (Lipinski definition) is 2. The van der Waals surface area contributed by atoms with Gasteiger partial charge in [-0.3, -0.25) is 4.90 Å². The van der Waals surface area contributed by atoms with Crippen molar-refractivity contribution in [2.24, 2.45) is 0 Å². The van der Waals surface area contributed by atoms with Crippen molar-refractivity contribution in [1.82, 2.24) is 10.2 Å². The molecule has 2 nitrogen and oxygen atoms in total. The lowest BCUT2D eigenvalue weighted by atomic mass is 10.1. The molecule has 1 rings (SSSR count). The fraction of sp³-hybridized carbons (Fsp3) is 0.500. The summed E-state index contributed by atoms with van der Waals surface area (Å²) in [6.45, 7) is 11.3. The van der Waals surface area contributed by atoms with Gasteiger partial charge in [-0.2, -0.15) is 0 Å².